The zero-order valence-corrected chi connectivity index (χ0v) is 17.1. The van der Waals surface area contributed by atoms with Gasteiger partial charge in [0, 0.05) is 25.7 Å². The minimum absolute atomic E-state index is 0.0674. The lowest BCUT2D eigenvalue weighted by atomic mass is 9.73. The SMILES string of the molecule is CNC(=O)C1(Cc2cccc(OC)c2)CN(C(=O)CC2NC(=O)c3ccccc32)C1. The van der Waals surface area contributed by atoms with Gasteiger partial charge in [0.1, 0.15) is 5.75 Å². The van der Waals surface area contributed by atoms with Crippen molar-refractivity contribution in [1.29, 1.82) is 0 Å². The first-order chi connectivity index (χ1) is 14.5. The van der Waals surface area contributed by atoms with Crippen LogP contribution in [0.1, 0.15) is 33.9 Å². The molecule has 1 saturated heterocycles. The van der Waals surface area contributed by atoms with Gasteiger partial charge in [0.25, 0.3) is 5.91 Å². The molecule has 0 spiro atoms. The number of likely N-dealkylation sites (tertiary alicyclic amines) is 1. The molecule has 2 aliphatic rings. The Morgan fingerprint density at radius 2 is 1.97 bits per heavy atom. The molecular formula is C23H25N3O4. The van der Waals surface area contributed by atoms with Crippen molar-refractivity contribution < 1.29 is 19.1 Å². The first-order valence-corrected chi connectivity index (χ1v) is 9.98. The maximum Gasteiger partial charge on any atom is 0.252 e. The fourth-order valence-electron chi connectivity index (χ4n) is 4.42. The van der Waals surface area contributed by atoms with Crippen LogP contribution < -0.4 is 15.4 Å². The summed E-state index contributed by atoms with van der Waals surface area (Å²) >= 11 is 0. The van der Waals surface area contributed by atoms with Gasteiger partial charge in [0.05, 0.1) is 25.0 Å². The maximum atomic E-state index is 12.9. The quantitative estimate of drug-likeness (QED) is 0.763. The van der Waals surface area contributed by atoms with Crippen molar-refractivity contribution in [3.8, 4) is 5.75 Å². The third kappa shape index (κ3) is 3.51. The summed E-state index contributed by atoms with van der Waals surface area (Å²) in [6.07, 6.45) is 0.711. The van der Waals surface area contributed by atoms with Gasteiger partial charge in [0.2, 0.25) is 11.8 Å². The molecule has 0 aliphatic carbocycles. The van der Waals surface area contributed by atoms with Crippen molar-refractivity contribution in [3.05, 3.63) is 65.2 Å². The van der Waals surface area contributed by atoms with E-state index in [2.05, 4.69) is 10.6 Å². The molecule has 7 nitrogen and oxygen atoms in total. The van der Waals surface area contributed by atoms with E-state index in [-0.39, 0.29) is 30.2 Å². The molecule has 2 aromatic carbocycles. The monoisotopic (exact) mass is 407 g/mol. The van der Waals surface area contributed by atoms with Gasteiger partial charge in [-0.2, -0.15) is 0 Å². The Kier molecular flexibility index (Phi) is 5.20. The fraction of sp³-hybridized carbons (Fsp3) is 0.348. The number of benzene rings is 2. The molecule has 1 atom stereocenters. The van der Waals surface area contributed by atoms with E-state index in [0.717, 1.165) is 16.9 Å². The van der Waals surface area contributed by atoms with Crippen molar-refractivity contribution in [1.82, 2.24) is 15.5 Å². The molecule has 1 unspecified atom stereocenters. The molecule has 4 rings (SSSR count). The highest BCUT2D eigenvalue weighted by Gasteiger charge is 2.50. The van der Waals surface area contributed by atoms with Crippen LogP contribution in [-0.4, -0.2) is 49.9 Å². The second-order valence-corrected chi connectivity index (χ2v) is 7.95. The number of nitrogens with zero attached hydrogens (tertiary/aromatic N) is 1. The number of carbonyl (C=O) groups excluding carboxylic acids is 3. The zero-order valence-electron chi connectivity index (χ0n) is 17.1. The fourth-order valence-corrected chi connectivity index (χ4v) is 4.42. The number of carbonyl (C=O) groups is 3. The Hall–Kier alpha value is -3.35. The lowest BCUT2D eigenvalue weighted by Crippen LogP contribution is -2.65. The van der Waals surface area contributed by atoms with Crippen molar-refractivity contribution in [2.75, 3.05) is 27.2 Å². The standard InChI is InChI=1S/C23H25N3O4/c1-24-22(29)23(12-15-6-5-7-16(10-15)30-2)13-26(14-23)20(27)11-19-17-8-3-4-9-18(17)21(28)25-19/h3-10,19H,11-14H2,1-2H3,(H,24,29)(H,25,28). The molecule has 2 N–H and O–H groups in total. The smallest absolute Gasteiger partial charge is 0.252 e. The van der Waals surface area contributed by atoms with E-state index in [1.807, 2.05) is 42.5 Å². The second-order valence-electron chi connectivity index (χ2n) is 7.95. The van der Waals surface area contributed by atoms with E-state index in [4.69, 9.17) is 4.74 Å². The topological polar surface area (TPSA) is 87.7 Å². The average Bonchev–Trinajstić information content (AvgIpc) is 3.05. The molecule has 2 aromatic rings. The van der Waals surface area contributed by atoms with Gasteiger partial charge < -0.3 is 20.3 Å². The van der Waals surface area contributed by atoms with Gasteiger partial charge in [0.15, 0.2) is 0 Å². The predicted octanol–water partition coefficient (Wildman–Crippen LogP) is 1.69. The largest absolute Gasteiger partial charge is 0.497 e. The van der Waals surface area contributed by atoms with Crippen molar-refractivity contribution in [2.45, 2.75) is 18.9 Å². The number of hydrogen-bond donors (Lipinski definition) is 2. The summed E-state index contributed by atoms with van der Waals surface area (Å²) in [5.74, 6) is 0.447. The van der Waals surface area contributed by atoms with Crippen LogP contribution in [0.2, 0.25) is 0 Å². The first kappa shape index (κ1) is 19.9. The number of fused-ring (bicyclic) bond motifs is 1. The number of ether oxygens (including phenoxy) is 1. The summed E-state index contributed by atoms with van der Waals surface area (Å²) in [6, 6.07) is 14.6. The molecule has 156 valence electrons. The summed E-state index contributed by atoms with van der Waals surface area (Å²) < 4.78 is 5.28. The van der Waals surface area contributed by atoms with E-state index in [1.54, 1.807) is 25.1 Å². The molecule has 0 saturated carbocycles. The zero-order chi connectivity index (χ0) is 21.3. The third-order valence-corrected chi connectivity index (χ3v) is 5.99. The van der Waals surface area contributed by atoms with E-state index < -0.39 is 5.41 Å². The van der Waals surface area contributed by atoms with Crippen LogP contribution >= 0.6 is 0 Å². The van der Waals surface area contributed by atoms with Gasteiger partial charge >= 0.3 is 0 Å². The average molecular weight is 407 g/mol. The minimum Gasteiger partial charge on any atom is -0.497 e. The van der Waals surface area contributed by atoms with Crippen molar-refractivity contribution in [3.63, 3.8) is 0 Å². The maximum absolute atomic E-state index is 12.9. The molecule has 0 radical (unpaired) electrons. The lowest BCUT2D eigenvalue weighted by molar-refractivity contribution is -0.153. The van der Waals surface area contributed by atoms with Gasteiger partial charge in [-0.25, -0.2) is 0 Å². The van der Waals surface area contributed by atoms with Gasteiger partial charge in [-0.1, -0.05) is 30.3 Å². The Bertz CT molecular complexity index is 997. The Labute approximate surface area is 175 Å². The first-order valence-electron chi connectivity index (χ1n) is 9.98. The van der Waals surface area contributed by atoms with E-state index in [0.29, 0.717) is 25.1 Å². The number of rotatable bonds is 6. The predicted molar refractivity (Wildman–Crippen MR) is 111 cm³/mol. The Morgan fingerprint density at radius 3 is 2.70 bits per heavy atom. The summed E-state index contributed by atoms with van der Waals surface area (Å²) in [6.45, 7) is 0.704. The van der Waals surface area contributed by atoms with E-state index in [9.17, 15) is 14.4 Å². The van der Waals surface area contributed by atoms with Crippen LogP contribution in [-0.2, 0) is 16.0 Å². The van der Waals surface area contributed by atoms with Crippen LogP contribution in [0.3, 0.4) is 0 Å². The summed E-state index contributed by atoms with van der Waals surface area (Å²) in [5, 5.41) is 5.62. The van der Waals surface area contributed by atoms with Crippen LogP contribution in [0.5, 0.6) is 5.75 Å². The molecule has 0 aromatic heterocycles. The molecule has 30 heavy (non-hydrogen) atoms. The van der Waals surface area contributed by atoms with E-state index >= 15 is 0 Å². The summed E-state index contributed by atoms with van der Waals surface area (Å²) in [4.78, 5) is 39.3. The van der Waals surface area contributed by atoms with Crippen LogP contribution in [0.15, 0.2) is 48.5 Å². The minimum atomic E-state index is -0.659. The molecule has 2 aliphatic heterocycles. The van der Waals surface area contributed by atoms with Gasteiger partial charge in [-0.05, 0) is 35.7 Å². The molecule has 7 heteroatoms. The number of nitrogens with one attached hydrogen (secondary N) is 2. The Balaban J connectivity index is 1.44. The number of amides is 3. The van der Waals surface area contributed by atoms with Crippen molar-refractivity contribution in [2.24, 2.45) is 5.41 Å². The summed E-state index contributed by atoms with van der Waals surface area (Å²) in [5.41, 5.74) is 1.80. The normalized spacial score (nSPS) is 18.8. The highest BCUT2D eigenvalue weighted by Crippen LogP contribution is 2.37. The summed E-state index contributed by atoms with van der Waals surface area (Å²) in [7, 11) is 3.22. The second kappa shape index (κ2) is 7.82. The van der Waals surface area contributed by atoms with Gasteiger partial charge in [-0.15, -0.1) is 0 Å². The van der Waals surface area contributed by atoms with Gasteiger partial charge in [-0.3, -0.25) is 14.4 Å². The third-order valence-electron chi connectivity index (χ3n) is 5.99. The molecular weight excluding hydrogens is 382 g/mol. The molecule has 1 fully saturated rings. The van der Waals surface area contributed by atoms with Crippen LogP contribution in [0.4, 0.5) is 0 Å². The van der Waals surface area contributed by atoms with E-state index in [1.165, 1.54) is 0 Å². The molecule has 0 bridgehead atoms. The highest BCUT2D eigenvalue weighted by atomic mass is 16.5. The van der Waals surface area contributed by atoms with Crippen LogP contribution in [0.25, 0.3) is 0 Å². The van der Waals surface area contributed by atoms with Crippen LogP contribution in [0, 0.1) is 5.41 Å². The highest BCUT2D eigenvalue weighted by molar-refractivity contribution is 6.00. The number of methoxy groups -OCH3 is 1. The molecule has 2 heterocycles. The Morgan fingerprint density at radius 1 is 1.20 bits per heavy atom. The lowest BCUT2D eigenvalue weighted by Gasteiger charge is -2.49. The molecule has 3 amide bonds. The van der Waals surface area contributed by atoms with Crippen molar-refractivity contribution >= 4 is 17.7 Å². The number of hydrogen-bond acceptors (Lipinski definition) is 4.